The molecule has 2 aromatic carbocycles. The van der Waals surface area contributed by atoms with Gasteiger partial charge >= 0.3 is 0 Å². The van der Waals surface area contributed by atoms with Crippen LogP contribution < -0.4 is 19.6 Å². The molecule has 0 aliphatic heterocycles. The molecule has 0 fully saturated rings. The zero-order valence-electron chi connectivity index (χ0n) is 16.4. The van der Waals surface area contributed by atoms with Crippen LogP contribution in [0.25, 0.3) is 22.1 Å². The number of rotatable bonds is 6. The van der Waals surface area contributed by atoms with Gasteiger partial charge in [-0.25, -0.2) is 9.38 Å². The van der Waals surface area contributed by atoms with Crippen LogP contribution >= 0.6 is 27.3 Å². The summed E-state index contributed by atoms with van der Waals surface area (Å²) >= 11 is 4.98. The summed E-state index contributed by atoms with van der Waals surface area (Å²) in [5, 5.41) is 0. The van der Waals surface area contributed by atoms with E-state index >= 15 is 0 Å². The van der Waals surface area contributed by atoms with Gasteiger partial charge in [0.1, 0.15) is 0 Å². The van der Waals surface area contributed by atoms with Crippen LogP contribution in [0.5, 0.6) is 11.5 Å². The van der Waals surface area contributed by atoms with E-state index in [1.807, 2.05) is 56.3 Å². The summed E-state index contributed by atoms with van der Waals surface area (Å²) < 4.78 is 14.9. The van der Waals surface area contributed by atoms with Gasteiger partial charge in [-0.2, -0.15) is 0 Å². The lowest BCUT2D eigenvalue weighted by Crippen LogP contribution is -2.22. The predicted octanol–water partition coefficient (Wildman–Crippen LogP) is 4.80. The topological polar surface area (TPSA) is 52.8 Å². The quantitative estimate of drug-likeness (QED) is 0.404. The lowest BCUT2D eigenvalue weighted by molar-refractivity contribution is 0.202. The predicted molar refractivity (Wildman–Crippen MR) is 121 cm³/mol. The number of benzene rings is 2. The summed E-state index contributed by atoms with van der Waals surface area (Å²) in [7, 11) is 0. The summed E-state index contributed by atoms with van der Waals surface area (Å²) in [5.41, 5.74) is 2.46. The maximum atomic E-state index is 13.0. The van der Waals surface area contributed by atoms with E-state index in [1.165, 1.54) is 11.3 Å². The fraction of sp³-hybridized carbons (Fsp3) is 0.273. The second-order valence-corrected chi connectivity index (χ2v) is 8.60. The Labute approximate surface area is 180 Å². The van der Waals surface area contributed by atoms with Crippen LogP contribution in [0.1, 0.15) is 32.8 Å². The Morgan fingerprint density at radius 3 is 2.83 bits per heavy atom. The van der Waals surface area contributed by atoms with Gasteiger partial charge in [0.2, 0.25) is 0 Å². The van der Waals surface area contributed by atoms with E-state index in [4.69, 9.17) is 9.47 Å². The van der Waals surface area contributed by atoms with Crippen LogP contribution in [0.2, 0.25) is 0 Å². The van der Waals surface area contributed by atoms with Crippen molar-refractivity contribution in [2.75, 3.05) is 6.61 Å². The summed E-state index contributed by atoms with van der Waals surface area (Å²) in [6.07, 6.45) is 2.84. The lowest BCUT2D eigenvalue weighted by Gasteiger charge is -2.18. The van der Waals surface area contributed by atoms with Crippen LogP contribution in [0, 0.1) is 0 Å². The highest BCUT2D eigenvalue weighted by molar-refractivity contribution is 9.10. The zero-order chi connectivity index (χ0) is 20.5. The molecule has 5 nitrogen and oxygen atoms in total. The minimum Gasteiger partial charge on any atom is -0.490 e. The molecule has 0 aliphatic carbocycles. The van der Waals surface area contributed by atoms with E-state index in [2.05, 4.69) is 27.8 Å². The van der Waals surface area contributed by atoms with Crippen molar-refractivity contribution < 1.29 is 9.47 Å². The fourth-order valence-corrected chi connectivity index (χ4v) is 4.64. The standard InChI is InChI=1S/C22H21BrN2O3S/c1-4-13(3)28-20-15(23)10-14(11-18(20)27-5-2)12-19-21(26)25-17-9-7-6-8-16(17)24-22(25)29-19/h6-13H,4-5H2,1-3H3/b19-12-/t13-/m1/s1. The Morgan fingerprint density at radius 1 is 1.28 bits per heavy atom. The number of hydrogen-bond acceptors (Lipinski definition) is 5. The van der Waals surface area contributed by atoms with E-state index < -0.39 is 0 Å². The number of imidazole rings is 1. The molecule has 2 aromatic heterocycles. The van der Waals surface area contributed by atoms with E-state index in [0.29, 0.717) is 27.6 Å². The van der Waals surface area contributed by atoms with Gasteiger partial charge in [0.25, 0.3) is 5.56 Å². The molecule has 2 heterocycles. The van der Waals surface area contributed by atoms with Crippen LogP contribution in [0.3, 0.4) is 0 Å². The molecule has 0 spiro atoms. The first-order chi connectivity index (χ1) is 14.0. The SMILES string of the molecule is CCOc1cc(/C=c2\sc3nc4ccccc4n3c2=O)cc(Br)c1O[C@H](C)CC. The molecular weight excluding hydrogens is 452 g/mol. The van der Waals surface area contributed by atoms with Gasteiger partial charge in [0.15, 0.2) is 16.5 Å². The van der Waals surface area contributed by atoms with Gasteiger partial charge < -0.3 is 9.47 Å². The molecule has 0 N–H and O–H groups in total. The first-order valence-electron chi connectivity index (χ1n) is 9.56. The Kier molecular flexibility index (Phi) is 5.61. The van der Waals surface area contributed by atoms with Crippen LogP contribution in [-0.4, -0.2) is 22.1 Å². The molecule has 0 aliphatic rings. The number of ether oxygens (including phenoxy) is 2. The van der Waals surface area contributed by atoms with Gasteiger partial charge in [-0.15, -0.1) is 0 Å². The molecule has 0 unspecified atom stereocenters. The van der Waals surface area contributed by atoms with Crippen molar-refractivity contribution in [3.05, 3.63) is 61.3 Å². The maximum absolute atomic E-state index is 13.0. The van der Waals surface area contributed by atoms with Crippen LogP contribution in [0.15, 0.2) is 45.7 Å². The molecular formula is C22H21BrN2O3S. The average molecular weight is 473 g/mol. The molecule has 4 aromatic rings. The normalized spacial score (nSPS) is 13.3. The molecule has 0 radical (unpaired) electrons. The molecule has 0 saturated heterocycles. The maximum Gasteiger partial charge on any atom is 0.274 e. The zero-order valence-corrected chi connectivity index (χ0v) is 18.8. The third-order valence-corrected chi connectivity index (χ3v) is 6.23. The highest BCUT2D eigenvalue weighted by Gasteiger charge is 2.15. The Hall–Kier alpha value is -2.38. The van der Waals surface area contributed by atoms with Gasteiger partial charge in [0.05, 0.1) is 32.7 Å². The van der Waals surface area contributed by atoms with Crippen LogP contribution in [-0.2, 0) is 0 Å². The van der Waals surface area contributed by atoms with Crippen molar-refractivity contribution in [2.24, 2.45) is 0 Å². The molecule has 29 heavy (non-hydrogen) atoms. The molecule has 4 rings (SSSR count). The third-order valence-electron chi connectivity index (χ3n) is 4.67. The number of para-hydroxylation sites is 2. The van der Waals surface area contributed by atoms with Crippen molar-refractivity contribution in [1.82, 2.24) is 9.38 Å². The Balaban J connectivity index is 1.83. The molecule has 1 atom stereocenters. The van der Waals surface area contributed by atoms with E-state index in [-0.39, 0.29) is 11.7 Å². The number of halogens is 1. The number of aromatic nitrogens is 2. The van der Waals surface area contributed by atoms with Crippen molar-refractivity contribution >= 4 is 49.3 Å². The minimum atomic E-state index is -0.0623. The van der Waals surface area contributed by atoms with E-state index in [9.17, 15) is 4.79 Å². The summed E-state index contributed by atoms with van der Waals surface area (Å²) in [5.74, 6) is 1.35. The largest absolute Gasteiger partial charge is 0.490 e. The second-order valence-electron chi connectivity index (χ2n) is 6.73. The van der Waals surface area contributed by atoms with Crippen molar-refractivity contribution in [1.29, 1.82) is 0 Å². The highest BCUT2D eigenvalue weighted by atomic mass is 79.9. The van der Waals surface area contributed by atoms with Gasteiger partial charge in [-0.05, 0) is 72.1 Å². The van der Waals surface area contributed by atoms with Crippen molar-refractivity contribution in [3.8, 4) is 11.5 Å². The smallest absolute Gasteiger partial charge is 0.274 e. The average Bonchev–Trinajstić information content (AvgIpc) is 3.21. The van der Waals surface area contributed by atoms with Crippen molar-refractivity contribution in [3.63, 3.8) is 0 Å². The second kappa shape index (κ2) is 8.16. The first kappa shape index (κ1) is 19.9. The Bertz CT molecular complexity index is 1300. The number of hydrogen-bond donors (Lipinski definition) is 0. The number of nitrogens with zero attached hydrogens (tertiary/aromatic N) is 2. The first-order valence-corrected chi connectivity index (χ1v) is 11.2. The highest BCUT2D eigenvalue weighted by Crippen LogP contribution is 2.38. The van der Waals surface area contributed by atoms with E-state index in [0.717, 1.165) is 27.5 Å². The van der Waals surface area contributed by atoms with E-state index in [1.54, 1.807) is 4.40 Å². The lowest BCUT2D eigenvalue weighted by atomic mass is 10.2. The third kappa shape index (κ3) is 3.76. The fourth-order valence-electron chi connectivity index (χ4n) is 3.10. The summed E-state index contributed by atoms with van der Waals surface area (Å²) in [6, 6.07) is 11.5. The van der Waals surface area contributed by atoms with Gasteiger partial charge in [-0.1, -0.05) is 30.4 Å². The molecule has 0 amide bonds. The minimum absolute atomic E-state index is 0.0623. The summed E-state index contributed by atoms with van der Waals surface area (Å²) in [4.78, 5) is 18.3. The van der Waals surface area contributed by atoms with Gasteiger partial charge in [0, 0.05) is 0 Å². The molecule has 0 saturated carbocycles. The molecule has 0 bridgehead atoms. The molecule has 150 valence electrons. The number of fused-ring (bicyclic) bond motifs is 3. The number of thiazole rings is 1. The van der Waals surface area contributed by atoms with Crippen LogP contribution in [0.4, 0.5) is 0 Å². The van der Waals surface area contributed by atoms with Gasteiger partial charge in [-0.3, -0.25) is 4.79 Å². The summed E-state index contributed by atoms with van der Waals surface area (Å²) in [6.45, 7) is 6.57. The Morgan fingerprint density at radius 2 is 2.07 bits per heavy atom. The monoisotopic (exact) mass is 472 g/mol. The van der Waals surface area contributed by atoms with Crippen molar-refractivity contribution in [2.45, 2.75) is 33.3 Å². The molecule has 7 heteroatoms.